The van der Waals surface area contributed by atoms with Crippen molar-refractivity contribution in [2.75, 3.05) is 19.0 Å². The highest BCUT2D eigenvalue weighted by molar-refractivity contribution is 5.91. The number of nitrogens with one attached hydrogen (secondary N) is 1. The molecule has 4 heteroatoms. The molecule has 0 atom stereocenters. The minimum absolute atomic E-state index is 0.000537. The molecule has 0 saturated heterocycles. The topological polar surface area (TPSA) is 47.6 Å². The molecule has 0 aliphatic carbocycles. The average Bonchev–Trinajstić information content (AvgIpc) is 2.54. The fourth-order valence-electron chi connectivity index (χ4n) is 2.32. The van der Waals surface area contributed by atoms with Crippen molar-refractivity contribution in [3.05, 3.63) is 53.6 Å². The Kier molecular flexibility index (Phi) is 6.03. The minimum Gasteiger partial charge on any atom is -0.493 e. The van der Waals surface area contributed by atoms with Gasteiger partial charge in [-0.3, -0.25) is 4.79 Å². The highest BCUT2D eigenvalue weighted by Crippen LogP contribution is 2.25. The molecule has 0 bridgehead atoms. The average molecular weight is 313 g/mol. The van der Waals surface area contributed by atoms with Crippen molar-refractivity contribution in [3.8, 4) is 11.5 Å². The Hall–Kier alpha value is -2.49. The molecule has 1 amide bonds. The maximum Gasteiger partial charge on any atom is 0.224 e. The molecule has 0 radical (unpaired) electrons. The molecule has 0 saturated carbocycles. The van der Waals surface area contributed by atoms with E-state index in [4.69, 9.17) is 9.47 Å². The van der Waals surface area contributed by atoms with Crippen molar-refractivity contribution in [2.45, 2.75) is 26.7 Å². The van der Waals surface area contributed by atoms with E-state index in [1.54, 1.807) is 7.11 Å². The van der Waals surface area contributed by atoms with Gasteiger partial charge in [0.25, 0.3) is 0 Å². The molecule has 0 spiro atoms. The van der Waals surface area contributed by atoms with Crippen molar-refractivity contribution < 1.29 is 14.3 Å². The van der Waals surface area contributed by atoms with Crippen LogP contribution in [0.3, 0.4) is 0 Å². The van der Waals surface area contributed by atoms with Crippen LogP contribution in [-0.2, 0) is 4.79 Å². The second-order valence-corrected chi connectivity index (χ2v) is 5.47. The summed E-state index contributed by atoms with van der Waals surface area (Å²) in [6.07, 6.45) is 1.07. The molecular formula is C19H23NO3. The summed E-state index contributed by atoms with van der Waals surface area (Å²) in [6, 6.07) is 13.5. The standard InChI is InChI=1S/C19H23NO3/c1-14-10-11-16(15(2)13-14)20-19(21)9-6-12-23-18-8-5-4-7-17(18)22-3/h4-5,7-8,10-11,13H,6,9,12H2,1-3H3,(H,20,21). The molecule has 0 aromatic heterocycles. The number of anilines is 1. The molecule has 2 aromatic rings. The van der Waals surface area contributed by atoms with E-state index in [-0.39, 0.29) is 5.91 Å². The number of hydrogen-bond acceptors (Lipinski definition) is 3. The number of carbonyl (C=O) groups is 1. The number of hydrogen-bond donors (Lipinski definition) is 1. The van der Waals surface area contributed by atoms with Gasteiger partial charge >= 0.3 is 0 Å². The van der Waals surface area contributed by atoms with Gasteiger partial charge in [-0.1, -0.05) is 29.8 Å². The lowest BCUT2D eigenvalue weighted by Gasteiger charge is -2.11. The normalized spacial score (nSPS) is 10.2. The van der Waals surface area contributed by atoms with Crippen LogP contribution in [-0.4, -0.2) is 19.6 Å². The summed E-state index contributed by atoms with van der Waals surface area (Å²) in [5.74, 6) is 1.40. The van der Waals surface area contributed by atoms with Gasteiger partial charge in [0.05, 0.1) is 13.7 Å². The third kappa shape index (κ3) is 5.02. The van der Waals surface area contributed by atoms with E-state index < -0.39 is 0 Å². The molecule has 0 fully saturated rings. The molecule has 122 valence electrons. The molecule has 2 rings (SSSR count). The van der Waals surface area contributed by atoms with Crippen LogP contribution in [0.5, 0.6) is 11.5 Å². The van der Waals surface area contributed by atoms with Crippen LogP contribution in [0.4, 0.5) is 5.69 Å². The molecule has 1 N–H and O–H groups in total. The highest BCUT2D eigenvalue weighted by atomic mass is 16.5. The summed E-state index contributed by atoms with van der Waals surface area (Å²) in [4.78, 5) is 12.0. The first-order valence-corrected chi connectivity index (χ1v) is 7.73. The fourth-order valence-corrected chi connectivity index (χ4v) is 2.32. The number of benzene rings is 2. The van der Waals surface area contributed by atoms with E-state index in [1.165, 1.54) is 5.56 Å². The number of amides is 1. The van der Waals surface area contributed by atoms with E-state index in [0.29, 0.717) is 30.9 Å². The van der Waals surface area contributed by atoms with Crippen molar-refractivity contribution in [1.29, 1.82) is 0 Å². The molecule has 2 aromatic carbocycles. The lowest BCUT2D eigenvalue weighted by molar-refractivity contribution is -0.116. The lowest BCUT2D eigenvalue weighted by Crippen LogP contribution is -2.13. The monoisotopic (exact) mass is 313 g/mol. The Morgan fingerprint density at radius 1 is 1.09 bits per heavy atom. The third-order valence-electron chi connectivity index (χ3n) is 3.53. The maximum absolute atomic E-state index is 12.0. The maximum atomic E-state index is 12.0. The van der Waals surface area contributed by atoms with Gasteiger partial charge in [0, 0.05) is 12.1 Å². The van der Waals surface area contributed by atoms with Gasteiger partial charge in [-0.25, -0.2) is 0 Å². The first-order chi connectivity index (χ1) is 11.1. The fraction of sp³-hybridized carbons (Fsp3) is 0.316. The van der Waals surface area contributed by atoms with Crippen LogP contribution < -0.4 is 14.8 Å². The van der Waals surface area contributed by atoms with E-state index in [1.807, 2.05) is 50.2 Å². The summed E-state index contributed by atoms with van der Waals surface area (Å²) in [5, 5.41) is 2.94. The minimum atomic E-state index is 0.000537. The number of methoxy groups -OCH3 is 1. The Bertz CT molecular complexity index is 667. The molecule has 0 unspecified atom stereocenters. The zero-order valence-corrected chi connectivity index (χ0v) is 13.9. The van der Waals surface area contributed by atoms with Gasteiger partial charge in [0.1, 0.15) is 0 Å². The largest absolute Gasteiger partial charge is 0.493 e. The predicted molar refractivity (Wildman–Crippen MR) is 92.3 cm³/mol. The van der Waals surface area contributed by atoms with Gasteiger partial charge < -0.3 is 14.8 Å². The second kappa shape index (κ2) is 8.22. The van der Waals surface area contributed by atoms with Crippen LogP contribution in [0, 0.1) is 13.8 Å². The van der Waals surface area contributed by atoms with Crippen molar-refractivity contribution in [2.24, 2.45) is 0 Å². The summed E-state index contributed by atoms with van der Waals surface area (Å²) < 4.78 is 10.9. The zero-order chi connectivity index (χ0) is 16.7. The third-order valence-corrected chi connectivity index (χ3v) is 3.53. The quantitative estimate of drug-likeness (QED) is 0.783. The van der Waals surface area contributed by atoms with Gasteiger partial charge in [-0.2, -0.15) is 0 Å². The molecule has 0 aliphatic rings. The Balaban J connectivity index is 1.76. The van der Waals surface area contributed by atoms with Crippen LogP contribution in [0.15, 0.2) is 42.5 Å². The predicted octanol–water partition coefficient (Wildman–Crippen LogP) is 4.11. The number of para-hydroxylation sites is 2. The first kappa shape index (κ1) is 16.9. The van der Waals surface area contributed by atoms with E-state index in [9.17, 15) is 4.79 Å². The summed E-state index contributed by atoms with van der Waals surface area (Å²) >= 11 is 0. The number of carbonyl (C=O) groups excluding carboxylic acids is 1. The summed E-state index contributed by atoms with van der Waals surface area (Å²) in [7, 11) is 1.61. The van der Waals surface area contributed by atoms with Crippen molar-refractivity contribution in [1.82, 2.24) is 0 Å². The Morgan fingerprint density at radius 3 is 2.52 bits per heavy atom. The van der Waals surface area contributed by atoms with Gasteiger partial charge in [-0.05, 0) is 44.0 Å². The van der Waals surface area contributed by atoms with Gasteiger partial charge in [0.2, 0.25) is 5.91 Å². The first-order valence-electron chi connectivity index (χ1n) is 7.73. The molecule has 23 heavy (non-hydrogen) atoms. The SMILES string of the molecule is COc1ccccc1OCCCC(=O)Nc1ccc(C)cc1C. The van der Waals surface area contributed by atoms with Crippen LogP contribution in [0.2, 0.25) is 0 Å². The van der Waals surface area contributed by atoms with E-state index in [2.05, 4.69) is 11.4 Å². The van der Waals surface area contributed by atoms with E-state index in [0.717, 1.165) is 11.3 Å². The van der Waals surface area contributed by atoms with Crippen molar-refractivity contribution in [3.63, 3.8) is 0 Å². The van der Waals surface area contributed by atoms with Crippen LogP contribution in [0.25, 0.3) is 0 Å². The lowest BCUT2D eigenvalue weighted by atomic mass is 10.1. The molecule has 0 heterocycles. The Labute approximate surface area is 137 Å². The summed E-state index contributed by atoms with van der Waals surface area (Å²) in [5.41, 5.74) is 3.13. The van der Waals surface area contributed by atoms with Crippen LogP contribution in [0.1, 0.15) is 24.0 Å². The Morgan fingerprint density at radius 2 is 1.83 bits per heavy atom. The van der Waals surface area contributed by atoms with E-state index >= 15 is 0 Å². The number of aryl methyl sites for hydroxylation is 2. The number of ether oxygens (including phenoxy) is 2. The zero-order valence-electron chi connectivity index (χ0n) is 13.9. The van der Waals surface area contributed by atoms with Gasteiger partial charge in [-0.15, -0.1) is 0 Å². The van der Waals surface area contributed by atoms with Crippen molar-refractivity contribution >= 4 is 11.6 Å². The molecule has 0 aliphatic heterocycles. The summed E-state index contributed by atoms with van der Waals surface area (Å²) in [6.45, 7) is 4.50. The molecular weight excluding hydrogens is 290 g/mol. The van der Waals surface area contributed by atoms with Gasteiger partial charge in [0.15, 0.2) is 11.5 Å². The van der Waals surface area contributed by atoms with Crippen LogP contribution >= 0.6 is 0 Å². The second-order valence-electron chi connectivity index (χ2n) is 5.47. The molecule has 4 nitrogen and oxygen atoms in total. The smallest absolute Gasteiger partial charge is 0.224 e. The highest BCUT2D eigenvalue weighted by Gasteiger charge is 2.06. The number of rotatable bonds is 7.